The summed E-state index contributed by atoms with van der Waals surface area (Å²) in [5.74, 6) is -0.246. The van der Waals surface area contributed by atoms with Gasteiger partial charge in [-0.1, -0.05) is 13.3 Å². The molecule has 152 valence electrons. The molecule has 2 N–H and O–H groups in total. The van der Waals surface area contributed by atoms with Gasteiger partial charge >= 0.3 is 5.97 Å². The maximum Gasteiger partial charge on any atom is 0.337 e. The SMILES string of the molecule is CCCCN(CC)c1ncc(C(=O)O)cc1NS(=O)(=O)c1ccc(OC)cc1. The van der Waals surface area contributed by atoms with E-state index in [4.69, 9.17) is 4.74 Å². The third kappa shape index (κ3) is 5.13. The van der Waals surface area contributed by atoms with Gasteiger partial charge in [0.15, 0.2) is 5.82 Å². The number of benzene rings is 1. The predicted molar refractivity (Wildman–Crippen MR) is 108 cm³/mol. The molecule has 2 aromatic rings. The number of aromatic nitrogens is 1. The fourth-order valence-corrected chi connectivity index (χ4v) is 3.67. The lowest BCUT2D eigenvalue weighted by Gasteiger charge is -2.24. The molecule has 0 aliphatic rings. The lowest BCUT2D eigenvalue weighted by atomic mass is 10.2. The van der Waals surface area contributed by atoms with Crippen LogP contribution in [0.1, 0.15) is 37.0 Å². The van der Waals surface area contributed by atoms with Crippen molar-refractivity contribution in [3.63, 3.8) is 0 Å². The molecular weight excluding hydrogens is 382 g/mol. The number of carbonyl (C=O) groups is 1. The number of pyridine rings is 1. The van der Waals surface area contributed by atoms with Crippen molar-refractivity contribution in [2.24, 2.45) is 0 Å². The molecule has 0 atom stereocenters. The summed E-state index contributed by atoms with van der Waals surface area (Å²) >= 11 is 0. The van der Waals surface area contributed by atoms with Gasteiger partial charge in [-0.3, -0.25) is 4.72 Å². The van der Waals surface area contributed by atoms with Gasteiger partial charge in [0.25, 0.3) is 10.0 Å². The van der Waals surface area contributed by atoms with Crippen LogP contribution in [0.4, 0.5) is 11.5 Å². The standard InChI is InChI=1S/C19H25N3O5S/c1-4-6-11-22(5-2)18-17(12-14(13-20-18)19(23)24)21-28(25,26)16-9-7-15(27-3)8-10-16/h7-10,12-13,21H,4-6,11H2,1-3H3,(H,23,24). The van der Waals surface area contributed by atoms with E-state index in [1.54, 1.807) is 12.1 Å². The van der Waals surface area contributed by atoms with Crippen molar-refractivity contribution >= 4 is 27.5 Å². The van der Waals surface area contributed by atoms with E-state index in [1.807, 2.05) is 11.8 Å². The van der Waals surface area contributed by atoms with Crippen molar-refractivity contribution in [3.05, 3.63) is 42.1 Å². The molecular formula is C19H25N3O5S. The first kappa shape index (κ1) is 21.5. The molecule has 28 heavy (non-hydrogen) atoms. The highest BCUT2D eigenvalue weighted by Gasteiger charge is 2.21. The Morgan fingerprint density at radius 1 is 1.25 bits per heavy atom. The zero-order valence-electron chi connectivity index (χ0n) is 16.2. The molecule has 0 bridgehead atoms. The average Bonchev–Trinajstić information content (AvgIpc) is 2.69. The topological polar surface area (TPSA) is 109 Å². The van der Waals surface area contributed by atoms with Gasteiger partial charge in [-0.2, -0.15) is 0 Å². The second kappa shape index (κ2) is 9.41. The van der Waals surface area contributed by atoms with E-state index in [2.05, 4.69) is 16.6 Å². The number of anilines is 2. The number of nitrogens with zero attached hydrogens (tertiary/aromatic N) is 2. The lowest BCUT2D eigenvalue weighted by Crippen LogP contribution is -2.27. The Morgan fingerprint density at radius 3 is 2.46 bits per heavy atom. The van der Waals surface area contributed by atoms with Gasteiger partial charge in [0.2, 0.25) is 0 Å². The van der Waals surface area contributed by atoms with Crippen LogP contribution in [0.15, 0.2) is 41.4 Å². The molecule has 0 amide bonds. The smallest absolute Gasteiger partial charge is 0.337 e. The summed E-state index contributed by atoms with van der Waals surface area (Å²) in [5, 5.41) is 9.27. The molecule has 1 aromatic heterocycles. The summed E-state index contributed by atoms with van der Waals surface area (Å²) in [7, 11) is -2.44. The quantitative estimate of drug-likeness (QED) is 0.622. The molecule has 0 radical (unpaired) electrons. The van der Waals surface area contributed by atoms with E-state index in [0.717, 1.165) is 12.8 Å². The highest BCUT2D eigenvalue weighted by atomic mass is 32.2. The van der Waals surface area contributed by atoms with E-state index >= 15 is 0 Å². The molecule has 0 unspecified atom stereocenters. The molecule has 0 fully saturated rings. The molecule has 0 saturated carbocycles. The zero-order valence-corrected chi connectivity index (χ0v) is 17.0. The summed E-state index contributed by atoms with van der Waals surface area (Å²) in [6.07, 6.45) is 3.11. The van der Waals surface area contributed by atoms with Gasteiger partial charge in [0.05, 0.1) is 23.3 Å². The molecule has 1 aromatic carbocycles. The third-order valence-corrected chi connectivity index (χ3v) is 5.57. The lowest BCUT2D eigenvalue weighted by molar-refractivity contribution is 0.0696. The number of sulfonamides is 1. The van der Waals surface area contributed by atoms with E-state index < -0.39 is 16.0 Å². The largest absolute Gasteiger partial charge is 0.497 e. The number of hydrogen-bond acceptors (Lipinski definition) is 6. The predicted octanol–water partition coefficient (Wildman–Crippen LogP) is 3.22. The number of unbranched alkanes of at least 4 members (excludes halogenated alkanes) is 1. The molecule has 8 nitrogen and oxygen atoms in total. The first-order valence-corrected chi connectivity index (χ1v) is 10.5. The van der Waals surface area contributed by atoms with E-state index in [1.165, 1.54) is 31.5 Å². The first-order valence-electron chi connectivity index (χ1n) is 8.97. The highest BCUT2D eigenvalue weighted by molar-refractivity contribution is 7.92. The van der Waals surface area contributed by atoms with Crippen molar-refractivity contribution in [2.45, 2.75) is 31.6 Å². The van der Waals surface area contributed by atoms with E-state index in [0.29, 0.717) is 24.7 Å². The molecule has 0 spiro atoms. The Balaban J connectivity index is 2.45. The number of hydrogen-bond donors (Lipinski definition) is 2. The molecule has 9 heteroatoms. The molecule has 0 aliphatic heterocycles. The minimum Gasteiger partial charge on any atom is -0.497 e. The molecule has 2 rings (SSSR count). The van der Waals surface area contributed by atoms with E-state index in [-0.39, 0.29) is 16.1 Å². The van der Waals surface area contributed by atoms with Crippen LogP contribution in [0.3, 0.4) is 0 Å². The first-order chi connectivity index (χ1) is 13.3. The summed E-state index contributed by atoms with van der Waals surface area (Å²) in [6, 6.07) is 7.22. The summed E-state index contributed by atoms with van der Waals surface area (Å²) in [4.78, 5) is 17.5. The fraction of sp³-hybridized carbons (Fsp3) is 0.368. The number of carboxylic acid groups (broad SMARTS) is 1. The Kier molecular flexibility index (Phi) is 7.22. The summed E-state index contributed by atoms with van der Waals surface area (Å²) in [6.45, 7) is 5.28. The second-order valence-electron chi connectivity index (χ2n) is 6.11. The second-order valence-corrected chi connectivity index (χ2v) is 7.80. The maximum absolute atomic E-state index is 12.8. The molecule has 0 aliphatic carbocycles. The Morgan fingerprint density at radius 2 is 1.93 bits per heavy atom. The van der Waals surface area contributed by atoms with Crippen LogP contribution >= 0.6 is 0 Å². The Labute approximate surface area is 165 Å². The van der Waals surface area contributed by atoms with Crippen LogP contribution in [-0.4, -0.2) is 44.7 Å². The minimum atomic E-state index is -3.93. The summed E-state index contributed by atoms with van der Waals surface area (Å²) < 4.78 is 33.2. The van der Waals surface area contributed by atoms with Crippen molar-refractivity contribution in [2.75, 3.05) is 29.8 Å². The van der Waals surface area contributed by atoms with Gasteiger partial charge < -0.3 is 14.7 Å². The average molecular weight is 407 g/mol. The van der Waals surface area contributed by atoms with Crippen LogP contribution in [0.25, 0.3) is 0 Å². The van der Waals surface area contributed by atoms with Gasteiger partial charge in [0.1, 0.15) is 5.75 Å². The molecule has 1 heterocycles. The fourth-order valence-electron chi connectivity index (χ4n) is 2.62. The number of ether oxygens (including phenoxy) is 1. The van der Waals surface area contributed by atoms with Crippen molar-refractivity contribution in [3.8, 4) is 5.75 Å². The van der Waals surface area contributed by atoms with E-state index in [9.17, 15) is 18.3 Å². The van der Waals surface area contributed by atoms with Crippen molar-refractivity contribution < 1.29 is 23.1 Å². The van der Waals surface area contributed by atoms with Gasteiger partial charge in [-0.05, 0) is 43.7 Å². The van der Waals surface area contributed by atoms with Crippen LogP contribution in [0.5, 0.6) is 5.75 Å². The normalized spacial score (nSPS) is 11.1. The Hall–Kier alpha value is -2.81. The number of aromatic carboxylic acids is 1. The minimum absolute atomic E-state index is 0.0385. The third-order valence-electron chi connectivity index (χ3n) is 4.19. The van der Waals surface area contributed by atoms with Gasteiger partial charge in [-0.15, -0.1) is 0 Å². The maximum atomic E-state index is 12.8. The molecule has 0 saturated heterocycles. The van der Waals surface area contributed by atoms with Crippen molar-refractivity contribution in [1.82, 2.24) is 4.98 Å². The van der Waals surface area contributed by atoms with Gasteiger partial charge in [0, 0.05) is 19.3 Å². The van der Waals surface area contributed by atoms with Crippen LogP contribution in [0, 0.1) is 0 Å². The van der Waals surface area contributed by atoms with Crippen molar-refractivity contribution in [1.29, 1.82) is 0 Å². The number of carboxylic acids is 1. The van der Waals surface area contributed by atoms with Crippen LogP contribution < -0.4 is 14.4 Å². The van der Waals surface area contributed by atoms with Gasteiger partial charge in [-0.25, -0.2) is 18.2 Å². The highest BCUT2D eigenvalue weighted by Crippen LogP contribution is 2.28. The number of methoxy groups -OCH3 is 1. The number of rotatable bonds is 10. The van der Waals surface area contributed by atoms with Crippen LogP contribution in [-0.2, 0) is 10.0 Å². The summed E-state index contributed by atoms with van der Waals surface area (Å²) in [5.41, 5.74) is 0.0383. The van der Waals surface area contributed by atoms with Crippen LogP contribution in [0.2, 0.25) is 0 Å². The zero-order chi connectivity index (χ0) is 20.7. The monoisotopic (exact) mass is 407 g/mol. The number of nitrogens with one attached hydrogen (secondary N) is 1. The Bertz CT molecular complexity index is 914.